The number of carbonyl (C=O) groups excluding carboxylic acids is 1. The third kappa shape index (κ3) is 8.34. The third-order valence-corrected chi connectivity index (χ3v) is 9.25. The van der Waals surface area contributed by atoms with Crippen LogP contribution in [-0.2, 0) is 17.8 Å². The molecule has 0 radical (unpaired) electrons. The van der Waals surface area contributed by atoms with Crippen LogP contribution in [0.2, 0.25) is 5.02 Å². The summed E-state index contributed by atoms with van der Waals surface area (Å²) < 4.78 is 34.1. The van der Waals surface area contributed by atoms with Crippen molar-refractivity contribution < 1.29 is 28.2 Å². The van der Waals surface area contributed by atoms with Crippen molar-refractivity contribution in [1.82, 2.24) is 20.0 Å². The first kappa shape index (κ1) is 33.6. The highest BCUT2D eigenvalue weighted by molar-refractivity contribution is 6.30. The lowest BCUT2D eigenvalue weighted by molar-refractivity contribution is -0.137. The van der Waals surface area contributed by atoms with Crippen LogP contribution in [0.4, 0.5) is 13.6 Å². The van der Waals surface area contributed by atoms with Gasteiger partial charge in [-0.1, -0.05) is 48.0 Å². The van der Waals surface area contributed by atoms with E-state index in [-0.39, 0.29) is 23.9 Å². The normalized spacial score (nSPS) is 17.1. The van der Waals surface area contributed by atoms with Gasteiger partial charge in [0, 0.05) is 49.9 Å². The molecule has 2 aliphatic rings. The van der Waals surface area contributed by atoms with E-state index in [0.29, 0.717) is 56.4 Å². The summed E-state index contributed by atoms with van der Waals surface area (Å²) >= 11 is 6.35. The summed E-state index contributed by atoms with van der Waals surface area (Å²) in [6, 6.07) is 17.9. The van der Waals surface area contributed by atoms with Crippen molar-refractivity contribution in [3.05, 3.63) is 88.4 Å². The third-order valence-electron chi connectivity index (χ3n) is 9.02. The number of carboxylic acid groups (broad SMARTS) is 1. The van der Waals surface area contributed by atoms with Crippen LogP contribution in [0, 0.1) is 17.6 Å². The smallest absolute Gasteiger partial charge is 0.405 e. The van der Waals surface area contributed by atoms with E-state index in [1.54, 1.807) is 11.8 Å². The fourth-order valence-corrected chi connectivity index (χ4v) is 6.73. The Hall–Kier alpha value is -3.73. The monoisotopic (exact) mass is 654 g/mol. The van der Waals surface area contributed by atoms with Crippen LogP contribution in [0.25, 0.3) is 11.1 Å². The topological polar surface area (TPSA) is 85.3 Å². The summed E-state index contributed by atoms with van der Waals surface area (Å²) in [5, 5.41) is 12.8. The van der Waals surface area contributed by atoms with Crippen molar-refractivity contribution in [2.45, 2.75) is 38.8 Å². The average Bonchev–Trinajstić information content (AvgIpc) is 3.07. The van der Waals surface area contributed by atoms with Crippen molar-refractivity contribution in [2.24, 2.45) is 5.92 Å². The highest BCUT2D eigenvalue weighted by Gasteiger charge is 2.36. The van der Waals surface area contributed by atoms with Crippen LogP contribution in [0.15, 0.2) is 60.7 Å². The van der Waals surface area contributed by atoms with E-state index in [1.165, 1.54) is 11.6 Å². The van der Waals surface area contributed by atoms with Crippen molar-refractivity contribution in [3.63, 3.8) is 0 Å². The van der Waals surface area contributed by atoms with Gasteiger partial charge in [-0.15, -0.1) is 0 Å². The molecule has 0 bridgehead atoms. The molecule has 246 valence electrons. The highest BCUT2D eigenvalue weighted by Crippen LogP contribution is 2.29. The van der Waals surface area contributed by atoms with Gasteiger partial charge in [-0.3, -0.25) is 9.69 Å². The SMILES string of the molecule is CCOc1ccc(F)c(F)c1CN1CCN(C(=O)[C@H](NC(=O)O)C2CCN(CCc3cc(Cl)ccc3-c3ccccc3)CC2)CC1. The Morgan fingerprint density at radius 1 is 0.978 bits per heavy atom. The number of piperidine rings is 1. The number of halogens is 3. The Kier molecular flexibility index (Phi) is 11.5. The van der Waals surface area contributed by atoms with Gasteiger partial charge < -0.3 is 25.0 Å². The van der Waals surface area contributed by atoms with E-state index in [2.05, 4.69) is 28.4 Å². The maximum absolute atomic E-state index is 14.6. The van der Waals surface area contributed by atoms with Gasteiger partial charge in [-0.05, 0) is 86.1 Å². The van der Waals surface area contributed by atoms with E-state index in [4.69, 9.17) is 16.3 Å². The molecule has 0 saturated carbocycles. The van der Waals surface area contributed by atoms with Gasteiger partial charge in [-0.25, -0.2) is 13.6 Å². The number of hydrogen-bond donors (Lipinski definition) is 2. The second-order valence-corrected chi connectivity index (χ2v) is 12.3. The number of amides is 2. The van der Waals surface area contributed by atoms with Crippen LogP contribution in [-0.4, -0.2) is 90.3 Å². The molecule has 2 aliphatic heterocycles. The maximum Gasteiger partial charge on any atom is 0.405 e. The molecule has 0 unspecified atom stereocenters. The van der Waals surface area contributed by atoms with Gasteiger partial charge in [0.15, 0.2) is 11.6 Å². The molecule has 2 heterocycles. The van der Waals surface area contributed by atoms with Gasteiger partial charge in [-0.2, -0.15) is 0 Å². The number of hydrogen-bond acceptors (Lipinski definition) is 5. The Morgan fingerprint density at radius 2 is 1.70 bits per heavy atom. The first-order valence-corrected chi connectivity index (χ1v) is 16.3. The molecule has 0 aromatic heterocycles. The van der Waals surface area contributed by atoms with Crippen molar-refractivity contribution in [1.29, 1.82) is 0 Å². The van der Waals surface area contributed by atoms with Crippen LogP contribution in [0.5, 0.6) is 5.75 Å². The number of piperazine rings is 1. The lowest BCUT2D eigenvalue weighted by Crippen LogP contribution is -2.58. The zero-order chi connectivity index (χ0) is 32.6. The van der Waals surface area contributed by atoms with Gasteiger partial charge in [0.1, 0.15) is 11.8 Å². The Morgan fingerprint density at radius 3 is 2.37 bits per heavy atom. The Balaban J connectivity index is 1.16. The summed E-state index contributed by atoms with van der Waals surface area (Å²) in [7, 11) is 0. The lowest BCUT2D eigenvalue weighted by Gasteiger charge is -2.40. The molecule has 8 nitrogen and oxygen atoms in total. The van der Waals surface area contributed by atoms with Crippen LogP contribution in [0.3, 0.4) is 0 Å². The lowest BCUT2D eigenvalue weighted by atomic mass is 9.88. The quantitative estimate of drug-likeness (QED) is 0.267. The second-order valence-electron chi connectivity index (χ2n) is 11.9. The number of likely N-dealkylation sites (tertiary alicyclic amines) is 1. The van der Waals surface area contributed by atoms with Gasteiger partial charge >= 0.3 is 6.09 Å². The summed E-state index contributed by atoms with van der Waals surface area (Å²) in [4.78, 5) is 31.4. The minimum atomic E-state index is -1.22. The number of benzene rings is 3. The molecule has 2 fully saturated rings. The molecule has 46 heavy (non-hydrogen) atoms. The van der Waals surface area contributed by atoms with Crippen molar-refractivity contribution in [3.8, 4) is 16.9 Å². The van der Waals surface area contributed by atoms with E-state index < -0.39 is 23.8 Å². The predicted molar refractivity (Wildman–Crippen MR) is 174 cm³/mol. The van der Waals surface area contributed by atoms with E-state index in [9.17, 15) is 23.5 Å². The Bertz CT molecular complexity index is 1500. The largest absolute Gasteiger partial charge is 0.493 e. The molecule has 0 aliphatic carbocycles. The first-order valence-electron chi connectivity index (χ1n) is 15.9. The van der Waals surface area contributed by atoms with Crippen molar-refractivity contribution in [2.75, 3.05) is 52.4 Å². The molecular weight excluding hydrogens is 614 g/mol. The summed E-state index contributed by atoms with van der Waals surface area (Å²) in [6.07, 6.45) is 0.980. The molecule has 0 spiro atoms. The zero-order valence-corrected chi connectivity index (χ0v) is 26.8. The number of nitrogens with one attached hydrogen (secondary N) is 1. The first-order chi connectivity index (χ1) is 22.2. The van der Waals surface area contributed by atoms with Crippen LogP contribution >= 0.6 is 11.6 Å². The predicted octanol–water partition coefficient (Wildman–Crippen LogP) is 5.92. The average molecular weight is 655 g/mol. The molecule has 3 aromatic rings. The number of rotatable bonds is 11. The molecule has 2 N–H and O–H groups in total. The number of ether oxygens (including phenoxy) is 1. The van der Waals surface area contributed by atoms with E-state index in [1.807, 2.05) is 35.2 Å². The fourth-order valence-electron chi connectivity index (χ4n) is 6.53. The molecule has 3 aromatic carbocycles. The van der Waals surface area contributed by atoms with Gasteiger partial charge in [0.05, 0.1) is 6.61 Å². The number of nitrogens with zero attached hydrogens (tertiary/aromatic N) is 3. The molecule has 2 saturated heterocycles. The van der Waals surface area contributed by atoms with Gasteiger partial charge in [0.2, 0.25) is 5.91 Å². The second kappa shape index (κ2) is 15.7. The standard InChI is InChI=1S/C35H41ClF2N4O4/c1-2-46-31-11-10-30(37)32(38)29(31)23-41-18-20-42(21-19-41)34(43)33(39-35(44)45)25-12-15-40(16-13-25)17-14-26-22-27(36)8-9-28(26)24-6-4-3-5-7-24/h3-11,22,25,33,39H,2,12-21,23H2,1H3,(H,44,45)/t33-/m1/s1. The maximum atomic E-state index is 14.6. The van der Waals surface area contributed by atoms with Gasteiger partial charge in [0.25, 0.3) is 0 Å². The highest BCUT2D eigenvalue weighted by atomic mass is 35.5. The summed E-state index contributed by atoms with van der Waals surface area (Å²) in [6.45, 7) is 6.21. The molecule has 11 heteroatoms. The number of carbonyl (C=O) groups is 2. The summed E-state index contributed by atoms with van der Waals surface area (Å²) in [5.41, 5.74) is 3.64. The molecule has 1 atom stereocenters. The van der Waals surface area contributed by atoms with Crippen LogP contribution < -0.4 is 10.1 Å². The Labute approximate surface area is 273 Å². The van der Waals surface area contributed by atoms with E-state index in [0.717, 1.165) is 43.2 Å². The minimum absolute atomic E-state index is 0.126. The van der Waals surface area contributed by atoms with Crippen LogP contribution in [0.1, 0.15) is 30.9 Å². The molecule has 2 amide bonds. The van der Waals surface area contributed by atoms with E-state index >= 15 is 0 Å². The molecule has 5 rings (SSSR count). The summed E-state index contributed by atoms with van der Waals surface area (Å²) in [5.74, 6) is -1.91. The zero-order valence-electron chi connectivity index (χ0n) is 26.1. The minimum Gasteiger partial charge on any atom is -0.493 e. The fraction of sp³-hybridized carbons (Fsp3) is 0.429. The van der Waals surface area contributed by atoms with Crippen molar-refractivity contribution >= 4 is 23.6 Å². The molecular formula is C35H41ClF2N4O4.